The Kier molecular flexibility index (Phi) is 2.99. The summed E-state index contributed by atoms with van der Waals surface area (Å²) in [6.07, 6.45) is 5.77. The van der Waals surface area contributed by atoms with E-state index in [1.807, 2.05) is 36.0 Å². The van der Waals surface area contributed by atoms with E-state index in [-0.39, 0.29) is 0 Å². The highest BCUT2D eigenvalue weighted by Gasteiger charge is 2.21. The molecule has 1 fully saturated rings. The number of hydrogen-bond donors (Lipinski definition) is 0. The number of imidazole rings is 1. The van der Waals surface area contributed by atoms with Gasteiger partial charge in [0.2, 0.25) is 5.88 Å². The summed E-state index contributed by atoms with van der Waals surface area (Å²) in [5.74, 6) is 5.07. The van der Waals surface area contributed by atoms with Crippen LogP contribution in [0, 0.1) is 5.92 Å². The third-order valence-corrected chi connectivity index (χ3v) is 4.94. The molecule has 0 saturated carbocycles. The highest BCUT2D eigenvalue weighted by Crippen LogP contribution is 2.28. The molecule has 4 nitrogen and oxygen atoms in total. The molecule has 3 aromatic rings. The van der Waals surface area contributed by atoms with Crippen LogP contribution in [0.3, 0.4) is 0 Å². The number of thioether (sulfide) groups is 1. The molecule has 20 heavy (non-hydrogen) atoms. The number of nitrogens with zero attached hydrogens (tertiary/aromatic N) is 3. The van der Waals surface area contributed by atoms with Crippen molar-refractivity contribution in [2.75, 3.05) is 11.5 Å². The Balaban J connectivity index is 1.83. The average molecular weight is 285 g/mol. The van der Waals surface area contributed by atoms with Crippen LogP contribution < -0.4 is 0 Å². The summed E-state index contributed by atoms with van der Waals surface area (Å²) < 4.78 is 7.62. The summed E-state index contributed by atoms with van der Waals surface area (Å²) in [7, 11) is 0. The fourth-order valence-electron chi connectivity index (χ4n) is 2.73. The zero-order valence-corrected chi connectivity index (χ0v) is 11.8. The molecule has 4 rings (SSSR count). The molecular formula is C15H15N3OS. The predicted octanol–water partition coefficient (Wildman–Crippen LogP) is 3.31. The van der Waals surface area contributed by atoms with Gasteiger partial charge in [-0.3, -0.25) is 0 Å². The molecule has 0 aliphatic carbocycles. The molecule has 1 aliphatic rings. The highest BCUT2D eigenvalue weighted by molar-refractivity contribution is 7.99. The lowest BCUT2D eigenvalue weighted by Crippen LogP contribution is -2.09. The van der Waals surface area contributed by atoms with E-state index in [1.165, 1.54) is 17.9 Å². The number of rotatable bonds is 3. The Hall–Kier alpha value is -1.75. The van der Waals surface area contributed by atoms with Gasteiger partial charge in [0.25, 0.3) is 0 Å². The molecule has 0 N–H and O–H groups in total. The SMILES string of the molecule is c1coc(-n2c(CC3CCSC3)nc3cccnc32)c1. The van der Waals surface area contributed by atoms with Crippen molar-refractivity contribution in [3.05, 3.63) is 42.5 Å². The van der Waals surface area contributed by atoms with E-state index >= 15 is 0 Å². The standard InChI is InChI=1S/C15H15N3OS/c1-3-12-15(16-6-1)18(14-4-2-7-19-14)13(17-12)9-11-5-8-20-10-11/h1-4,6-7,11H,5,8-10H2. The van der Waals surface area contributed by atoms with Crippen molar-refractivity contribution in [1.82, 2.24) is 14.5 Å². The normalized spacial score (nSPS) is 18.9. The van der Waals surface area contributed by atoms with Gasteiger partial charge in [0.05, 0.1) is 6.26 Å². The third kappa shape index (κ3) is 2.02. The first kappa shape index (κ1) is 12.0. The molecule has 4 heterocycles. The lowest BCUT2D eigenvalue weighted by molar-refractivity contribution is 0.519. The molecule has 5 heteroatoms. The molecule has 1 atom stereocenters. The fourth-order valence-corrected chi connectivity index (χ4v) is 4.01. The van der Waals surface area contributed by atoms with Gasteiger partial charge in [-0.25, -0.2) is 14.5 Å². The molecule has 0 spiro atoms. The number of pyridine rings is 1. The number of hydrogen-bond acceptors (Lipinski definition) is 4. The summed E-state index contributed by atoms with van der Waals surface area (Å²) in [6, 6.07) is 7.80. The van der Waals surface area contributed by atoms with Crippen molar-refractivity contribution in [2.45, 2.75) is 12.8 Å². The first-order valence-corrected chi connectivity index (χ1v) is 8.01. The number of furan rings is 1. The van der Waals surface area contributed by atoms with Crippen LogP contribution in [-0.4, -0.2) is 26.0 Å². The average Bonchev–Trinajstić information content (AvgIpc) is 3.18. The monoisotopic (exact) mass is 285 g/mol. The van der Waals surface area contributed by atoms with Crippen LogP contribution in [-0.2, 0) is 6.42 Å². The molecule has 0 aromatic carbocycles. The van der Waals surface area contributed by atoms with Gasteiger partial charge in [-0.05, 0) is 42.0 Å². The van der Waals surface area contributed by atoms with Crippen LogP contribution in [0.2, 0.25) is 0 Å². The second-order valence-corrected chi connectivity index (χ2v) is 6.24. The zero-order chi connectivity index (χ0) is 13.4. The van der Waals surface area contributed by atoms with Crippen LogP contribution in [0.4, 0.5) is 0 Å². The van der Waals surface area contributed by atoms with E-state index in [0.717, 1.165) is 29.3 Å². The van der Waals surface area contributed by atoms with E-state index in [1.54, 1.807) is 12.5 Å². The lowest BCUT2D eigenvalue weighted by Gasteiger charge is -2.09. The molecule has 102 valence electrons. The number of fused-ring (bicyclic) bond motifs is 1. The van der Waals surface area contributed by atoms with Gasteiger partial charge in [0.1, 0.15) is 11.3 Å². The lowest BCUT2D eigenvalue weighted by atomic mass is 10.1. The Morgan fingerprint density at radius 1 is 1.35 bits per heavy atom. The van der Waals surface area contributed by atoms with Crippen molar-refractivity contribution in [1.29, 1.82) is 0 Å². The molecule has 3 aromatic heterocycles. The van der Waals surface area contributed by atoms with Gasteiger partial charge in [0, 0.05) is 18.7 Å². The predicted molar refractivity (Wildman–Crippen MR) is 80.3 cm³/mol. The Morgan fingerprint density at radius 3 is 3.15 bits per heavy atom. The molecule has 0 bridgehead atoms. The van der Waals surface area contributed by atoms with Crippen LogP contribution in [0.25, 0.3) is 17.0 Å². The zero-order valence-electron chi connectivity index (χ0n) is 11.0. The van der Waals surface area contributed by atoms with E-state index in [9.17, 15) is 0 Å². The summed E-state index contributed by atoms with van der Waals surface area (Å²) >= 11 is 2.04. The van der Waals surface area contributed by atoms with Gasteiger partial charge >= 0.3 is 0 Å². The van der Waals surface area contributed by atoms with E-state index in [0.29, 0.717) is 5.92 Å². The van der Waals surface area contributed by atoms with Gasteiger partial charge in [-0.2, -0.15) is 11.8 Å². The van der Waals surface area contributed by atoms with Gasteiger partial charge < -0.3 is 4.42 Å². The Morgan fingerprint density at radius 2 is 2.35 bits per heavy atom. The van der Waals surface area contributed by atoms with Crippen molar-refractivity contribution in [3.8, 4) is 5.88 Å². The van der Waals surface area contributed by atoms with Crippen LogP contribution in [0.1, 0.15) is 12.2 Å². The minimum Gasteiger partial charge on any atom is -0.448 e. The molecular weight excluding hydrogens is 270 g/mol. The van der Waals surface area contributed by atoms with Crippen LogP contribution in [0.5, 0.6) is 0 Å². The first-order chi connectivity index (χ1) is 9.92. The van der Waals surface area contributed by atoms with Crippen LogP contribution >= 0.6 is 11.8 Å². The van der Waals surface area contributed by atoms with Crippen molar-refractivity contribution < 1.29 is 4.42 Å². The maximum Gasteiger partial charge on any atom is 0.206 e. The minimum absolute atomic E-state index is 0.713. The van der Waals surface area contributed by atoms with E-state index in [2.05, 4.69) is 9.55 Å². The van der Waals surface area contributed by atoms with E-state index in [4.69, 9.17) is 9.40 Å². The highest BCUT2D eigenvalue weighted by atomic mass is 32.2. The topological polar surface area (TPSA) is 43.9 Å². The first-order valence-electron chi connectivity index (χ1n) is 6.86. The maximum atomic E-state index is 5.57. The molecule has 0 radical (unpaired) electrons. The minimum atomic E-state index is 0.713. The second-order valence-electron chi connectivity index (χ2n) is 5.09. The fraction of sp³-hybridized carbons (Fsp3) is 0.333. The largest absolute Gasteiger partial charge is 0.448 e. The molecule has 0 amide bonds. The Labute approximate surface area is 121 Å². The van der Waals surface area contributed by atoms with Crippen molar-refractivity contribution >= 4 is 22.9 Å². The quantitative estimate of drug-likeness (QED) is 0.740. The van der Waals surface area contributed by atoms with Gasteiger partial charge in [-0.1, -0.05) is 0 Å². The molecule has 1 saturated heterocycles. The summed E-state index contributed by atoms with van der Waals surface area (Å²) in [5, 5.41) is 0. The summed E-state index contributed by atoms with van der Waals surface area (Å²) in [5.41, 5.74) is 1.81. The Bertz CT molecular complexity index is 714. The van der Waals surface area contributed by atoms with Crippen molar-refractivity contribution in [2.24, 2.45) is 5.92 Å². The van der Waals surface area contributed by atoms with Gasteiger partial charge in [-0.15, -0.1) is 0 Å². The summed E-state index contributed by atoms with van der Waals surface area (Å²) in [6.45, 7) is 0. The number of aromatic nitrogens is 3. The van der Waals surface area contributed by atoms with Crippen LogP contribution in [0.15, 0.2) is 41.1 Å². The third-order valence-electron chi connectivity index (χ3n) is 3.71. The molecule has 1 aliphatic heterocycles. The van der Waals surface area contributed by atoms with Crippen molar-refractivity contribution in [3.63, 3.8) is 0 Å². The van der Waals surface area contributed by atoms with E-state index < -0.39 is 0 Å². The summed E-state index contributed by atoms with van der Waals surface area (Å²) in [4.78, 5) is 9.23. The molecule has 1 unspecified atom stereocenters. The smallest absolute Gasteiger partial charge is 0.206 e. The van der Waals surface area contributed by atoms with Gasteiger partial charge in [0.15, 0.2) is 5.65 Å². The second kappa shape index (κ2) is 4.98. The maximum absolute atomic E-state index is 5.57.